The molecule has 0 unspecified atom stereocenters. The van der Waals surface area contributed by atoms with E-state index in [-0.39, 0.29) is 16.9 Å². The maximum atomic E-state index is 13.0. The predicted octanol–water partition coefficient (Wildman–Crippen LogP) is 3.82. The van der Waals surface area contributed by atoms with Crippen LogP contribution in [0, 0.1) is 10.1 Å². The average molecular weight is 504 g/mol. The third-order valence-electron chi connectivity index (χ3n) is 4.43. The van der Waals surface area contributed by atoms with Crippen molar-refractivity contribution in [2.45, 2.75) is 13.3 Å². The van der Waals surface area contributed by atoms with Gasteiger partial charge in [0.05, 0.1) is 28.8 Å². The summed E-state index contributed by atoms with van der Waals surface area (Å²) in [7, 11) is 1.46. The van der Waals surface area contributed by atoms with Gasteiger partial charge < -0.3 is 9.47 Å². The Bertz CT molecular complexity index is 1130. The van der Waals surface area contributed by atoms with Crippen molar-refractivity contribution < 1.29 is 28.8 Å². The number of anilines is 1. The van der Waals surface area contributed by atoms with Gasteiger partial charge >= 0.3 is 6.03 Å². The number of nitro groups is 1. The zero-order valence-corrected chi connectivity index (χ0v) is 18.7. The Kier molecular flexibility index (Phi) is 6.89. The minimum Gasteiger partial charge on any atom is -0.493 e. The fraction of sp³-hybridized carbons (Fsp3) is 0.190. The van der Waals surface area contributed by atoms with Crippen molar-refractivity contribution in [1.82, 2.24) is 5.32 Å². The first kappa shape index (κ1) is 22.9. The second kappa shape index (κ2) is 9.60. The molecule has 1 aliphatic rings. The topological polar surface area (TPSA) is 128 Å². The number of non-ortho nitro benzene ring substituents is 1. The lowest BCUT2D eigenvalue weighted by Gasteiger charge is -2.26. The molecule has 2 aromatic rings. The van der Waals surface area contributed by atoms with Crippen LogP contribution in [0.5, 0.6) is 11.5 Å². The van der Waals surface area contributed by atoms with E-state index in [1.54, 1.807) is 12.1 Å². The summed E-state index contributed by atoms with van der Waals surface area (Å²) in [5.74, 6) is -0.848. The van der Waals surface area contributed by atoms with Gasteiger partial charge in [-0.05, 0) is 58.3 Å². The van der Waals surface area contributed by atoms with Crippen molar-refractivity contribution >= 4 is 51.2 Å². The van der Waals surface area contributed by atoms with Crippen LogP contribution in [-0.4, -0.2) is 36.5 Å². The highest BCUT2D eigenvalue weighted by molar-refractivity contribution is 9.10. The molecular weight excluding hydrogens is 486 g/mol. The zero-order chi connectivity index (χ0) is 23.4. The highest BCUT2D eigenvalue weighted by atomic mass is 79.9. The van der Waals surface area contributed by atoms with Crippen LogP contribution in [0.2, 0.25) is 0 Å². The normalized spacial score (nSPS) is 15.0. The van der Waals surface area contributed by atoms with E-state index in [1.807, 2.05) is 6.92 Å². The summed E-state index contributed by atoms with van der Waals surface area (Å²) in [6, 6.07) is 7.11. The quantitative estimate of drug-likeness (QED) is 0.263. The number of benzene rings is 2. The molecule has 32 heavy (non-hydrogen) atoms. The minimum absolute atomic E-state index is 0.0820. The number of imide groups is 2. The number of carbonyl (C=O) groups excluding carboxylic acids is 3. The van der Waals surface area contributed by atoms with E-state index < -0.39 is 22.8 Å². The fourth-order valence-electron chi connectivity index (χ4n) is 2.95. The van der Waals surface area contributed by atoms with Crippen LogP contribution >= 0.6 is 15.9 Å². The Morgan fingerprint density at radius 3 is 2.47 bits per heavy atom. The molecule has 1 heterocycles. The van der Waals surface area contributed by atoms with Gasteiger partial charge in [-0.25, -0.2) is 9.69 Å². The summed E-state index contributed by atoms with van der Waals surface area (Å²) in [5.41, 5.74) is 0.0413. The number of nitrogens with one attached hydrogen (secondary N) is 1. The molecule has 0 bridgehead atoms. The van der Waals surface area contributed by atoms with Gasteiger partial charge in [0.1, 0.15) is 5.57 Å². The lowest BCUT2D eigenvalue weighted by molar-refractivity contribution is -0.384. The molecule has 0 aliphatic carbocycles. The van der Waals surface area contributed by atoms with Crippen molar-refractivity contribution in [1.29, 1.82) is 0 Å². The molecule has 1 fully saturated rings. The SMILES string of the molecule is CCCOc1c(Br)cc(/C=C2\C(=O)NC(=O)N(c3ccc([N+](=O)[O-])cc3)C2=O)cc1OC. The van der Waals surface area contributed by atoms with Crippen LogP contribution in [0.3, 0.4) is 0 Å². The summed E-state index contributed by atoms with van der Waals surface area (Å²) in [4.78, 5) is 48.7. The van der Waals surface area contributed by atoms with Crippen molar-refractivity contribution in [3.8, 4) is 11.5 Å². The summed E-state index contributed by atoms with van der Waals surface area (Å²) >= 11 is 3.40. The molecule has 166 valence electrons. The smallest absolute Gasteiger partial charge is 0.335 e. The molecule has 1 aliphatic heterocycles. The van der Waals surface area contributed by atoms with Crippen LogP contribution in [-0.2, 0) is 9.59 Å². The van der Waals surface area contributed by atoms with Gasteiger partial charge in [0.2, 0.25) is 0 Å². The number of amides is 4. The molecule has 3 rings (SSSR count). The summed E-state index contributed by atoms with van der Waals surface area (Å²) in [6.45, 7) is 2.44. The molecule has 2 aromatic carbocycles. The highest BCUT2D eigenvalue weighted by Gasteiger charge is 2.37. The Hall–Kier alpha value is -3.73. The summed E-state index contributed by atoms with van der Waals surface area (Å²) in [5, 5.41) is 13.0. The number of nitro benzene ring substituents is 1. The van der Waals surface area contributed by atoms with Crippen LogP contribution in [0.25, 0.3) is 6.08 Å². The number of ether oxygens (including phenoxy) is 2. The number of barbiturate groups is 1. The predicted molar refractivity (Wildman–Crippen MR) is 119 cm³/mol. The molecule has 0 aromatic heterocycles. The lowest BCUT2D eigenvalue weighted by Crippen LogP contribution is -2.54. The molecule has 0 radical (unpaired) electrons. The number of carbonyl (C=O) groups is 3. The monoisotopic (exact) mass is 503 g/mol. The molecule has 11 heteroatoms. The standard InChI is InChI=1S/C21H18BrN3O7/c1-3-8-32-18-16(22)10-12(11-17(18)31-2)9-15-19(26)23-21(28)24(20(15)27)13-4-6-14(7-5-13)25(29)30/h4-7,9-11H,3,8H2,1-2H3,(H,23,26,28)/b15-9+. The van der Waals surface area contributed by atoms with Gasteiger partial charge in [0, 0.05) is 12.1 Å². The number of methoxy groups -OCH3 is 1. The number of hydrogen-bond donors (Lipinski definition) is 1. The second-order valence-electron chi connectivity index (χ2n) is 6.61. The van der Waals surface area contributed by atoms with Crippen molar-refractivity contribution in [2.24, 2.45) is 0 Å². The number of nitrogens with zero attached hydrogens (tertiary/aromatic N) is 2. The Morgan fingerprint density at radius 1 is 1.19 bits per heavy atom. The van der Waals surface area contributed by atoms with E-state index in [2.05, 4.69) is 21.2 Å². The summed E-state index contributed by atoms with van der Waals surface area (Å²) in [6.07, 6.45) is 2.11. The van der Waals surface area contributed by atoms with E-state index in [0.717, 1.165) is 23.5 Å². The van der Waals surface area contributed by atoms with Gasteiger partial charge in [-0.1, -0.05) is 6.92 Å². The Labute approximate surface area is 191 Å². The van der Waals surface area contributed by atoms with Crippen molar-refractivity contribution in [2.75, 3.05) is 18.6 Å². The van der Waals surface area contributed by atoms with Crippen LogP contribution in [0.15, 0.2) is 46.4 Å². The summed E-state index contributed by atoms with van der Waals surface area (Å²) < 4.78 is 11.6. The van der Waals surface area contributed by atoms with Gasteiger partial charge in [0.15, 0.2) is 11.5 Å². The first-order valence-electron chi connectivity index (χ1n) is 9.43. The van der Waals surface area contributed by atoms with Crippen molar-refractivity contribution in [3.05, 3.63) is 62.1 Å². The number of halogens is 1. The Balaban J connectivity index is 1.98. The molecule has 4 amide bonds. The van der Waals surface area contributed by atoms with E-state index in [1.165, 1.54) is 25.3 Å². The third kappa shape index (κ3) is 4.62. The first-order valence-corrected chi connectivity index (χ1v) is 10.2. The van der Waals surface area contributed by atoms with E-state index in [0.29, 0.717) is 28.1 Å². The molecule has 1 N–H and O–H groups in total. The lowest BCUT2D eigenvalue weighted by atomic mass is 10.1. The number of urea groups is 1. The van der Waals surface area contributed by atoms with Crippen molar-refractivity contribution in [3.63, 3.8) is 0 Å². The van der Waals surface area contributed by atoms with Gasteiger partial charge in [0.25, 0.3) is 17.5 Å². The Morgan fingerprint density at radius 2 is 1.88 bits per heavy atom. The molecule has 0 spiro atoms. The molecule has 0 atom stereocenters. The number of rotatable bonds is 7. The maximum Gasteiger partial charge on any atom is 0.335 e. The van der Waals surface area contributed by atoms with Gasteiger partial charge in [-0.15, -0.1) is 0 Å². The second-order valence-corrected chi connectivity index (χ2v) is 7.47. The molecule has 0 saturated carbocycles. The van der Waals surface area contributed by atoms with Gasteiger partial charge in [-0.2, -0.15) is 0 Å². The third-order valence-corrected chi connectivity index (χ3v) is 5.02. The average Bonchev–Trinajstić information content (AvgIpc) is 2.75. The minimum atomic E-state index is -0.951. The van der Waals surface area contributed by atoms with Gasteiger partial charge in [-0.3, -0.25) is 25.0 Å². The zero-order valence-electron chi connectivity index (χ0n) is 17.1. The van der Waals surface area contributed by atoms with E-state index >= 15 is 0 Å². The number of hydrogen-bond acceptors (Lipinski definition) is 7. The van der Waals surface area contributed by atoms with Crippen LogP contribution in [0.4, 0.5) is 16.2 Å². The van der Waals surface area contributed by atoms with E-state index in [4.69, 9.17) is 9.47 Å². The molecular formula is C21H18BrN3O7. The largest absolute Gasteiger partial charge is 0.493 e. The molecule has 1 saturated heterocycles. The van der Waals surface area contributed by atoms with E-state index in [9.17, 15) is 24.5 Å². The van der Waals surface area contributed by atoms with Crippen LogP contribution in [0.1, 0.15) is 18.9 Å². The fourth-order valence-corrected chi connectivity index (χ4v) is 3.52. The first-order chi connectivity index (χ1) is 15.3. The highest BCUT2D eigenvalue weighted by Crippen LogP contribution is 2.37. The molecule has 10 nitrogen and oxygen atoms in total. The van der Waals surface area contributed by atoms with Crippen LogP contribution < -0.4 is 19.7 Å². The maximum absolute atomic E-state index is 13.0.